The number of hydrogen-bond acceptors (Lipinski definition) is 3. The highest BCUT2D eigenvalue weighted by molar-refractivity contribution is 4.87. The van der Waals surface area contributed by atoms with Crippen LogP contribution in [-0.4, -0.2) is 73.1 Å². The summed E-state index contributed by atoms with van der Waals surface area (Å²) in [5.41, 5.74) is 0. The average Bonchev–Trinajstić information content (AvgIpc) is 2.75. The molecule has 0 aromatic carbocycles. The minimum absolute atomic E-state index is 0.721. The maximum Gasteiger partial charge on any atom is 0.0235 e. The van der Waals surface area contributed by atoms with Crippen molar-refractivity contribution in [2.24, 2.45) is 0 Å². The number of nitrogens with zero attached hydrogens (tertiary/aromatic N) is 3. The molecule has 0 spiro atoms. The molecule has 2 rings (SSSR count). The molecule has 0 saturated carbocycles. The predicted octanol–water partition coefficient (Wildman–Crippen LogP) is 1.50. The summed E-state index contributed by atoms with van der Waals surface area (Å²) in [6.45, 7) is 9.75. The number of likely N-dealkylation sites (N-methyl/N-ethyl adjacent to an activating group) is 2. The SMILES string of the molecule is CC(C)N1CCC(N(C)C2CCN(C)C2)CC1. The molecule has 3 nitrogen and oxygen atoms in total. The molecular formula is C14H29N3. The molecule has 3 heteroatoms. The first kappa shape index (κ1) is 13.3. The smallest absolute Gasteiger partial charge is 0.0235 e. The van der Waals surface area contributed by atoms with Gasteiger partial charge in [0, 0.05) is 24.7 Å². The van der Waals surface area contributed by atoms with Crippen molar-refractivity contribution in [2.45, 2.75) is 51.2 Å². The van der Waals surface area contributed by atoms with E-state index in [1.54, 1.807) is 0 Å². The first-order valence-corrected chi connectivity index (χ1v) is 7.22. The zero-order valence-corrected chi connectivity index (χ0v) is 12.0. The van der Waals surface area contributed by atoms with Crippen LogP contribution in [0.5, 0.6) is 0 Å². The molecule has 0 aliphatic carbocycles. The zero-order valence-electron chi connectivity index (χ0n) is 12.0. The van der Waals surface area contributed by atoms with Gasteiger partial charge < -0.3 is 9.80 Å². The van der Waals surface area contributed by atoms with E-state index < -0.39 is 0 Å². The average molecular weight is 239 g/mol. The molecule has 0 amide bonds. The Kier molecular flexibility index (Phi) is 4.45. The second kappa shape index (κ2) is 5.68. The van der Waals surface area contributed by atoms with Gasteiger partial charge in [-0.05, 0) is 66.8 Å². The maximum atomic E-state index is 2.67. The number of rotatable bonds is 3. The lowest BCUT2D eigenvalue weighted by Crippen LogP contribution is -2.49. The highest BCUT2D eigenvalue weighted by Crippen LogP contribution is 2.22. The Hall–Kier alpha value is -0.120. The highest BCUT2D eigenvalue weighted by atomic mass is 15.3. The Morgan fingerprint density at radius 1 is 1.00 bits per heavy atom. The van der Waals surface area contributed by atoms with E-state index in [1.165, 1.54) is 45.4 Å². The van der Waals surface area contributed by atoms with Crippen LogP contribution < -0.4 is 0 Å². The van der Waals surface area contributed by atoms with E-state index in [0.717, 1.165) is 18.1 Å². The van der Waals surface area contributed by atoms with Crippen LogP contribution in [0, 0.1) is 0 Å². The Morgan fingerprint density at radius 3 is 2.06 bits per heavy atom. The van der Waals surface area contributed by atoms with E-state index in [2.05, 4.69) is 42.6 Å². The van der Waals surface area contributed by atoms with Crippen LogP contribution in [-0.2, 0) is 0 Å². The fourth-order valence-corrected chi connectivity index (χ4v) is 3.35. The van der Waals surface area contributed by atoms with Gasteiger partial charge in [0.05, 0.1) is 0 Å². The van der Waals surface area contributed by atoms with Crippen LogP contribution in [0.1, 0.15) is 33.1 Å². The number of piperidine rings is 1. The summed E-state index contributed by atoms with van der Waals surface area (Å²) in [5.74, 6) is 0. The number of likely N-dealkylation sites (tertiary alicyclic amines) is 2. The molecule has 2 heterocycles. The lowest BCUT2D eigenvalue weighted by molar-refractivity contribution is 0.0846. The van der Waals surface area contributed by atoms with Gasteiger partial charge in [-0.3, -0.25) is 4.90 Å². The van der Waals surface area contributed by atoms with Crippen molar-refractivity contribution in [1.82, 2.24) is 14.7 Å². The fraction of sp³-hybridized carbons (Fsp3) is 1.00. The van der Waals surface area contributed by atoms with Crippen LogP contribution in [0.2, 0.25) is 0 Å². The molecule has 1 atom stereocenters. The first-order valence-electron chi connectivity index (χ1n) is 7.22. The normalized spacial score (nSPS) is 29.6. The molecule has 0 N–H and O–H groups in total. The van der Waals surface area contributed by atoms with Crippen molar-refractivity contribution < 1.29 is 0 Å². The third-order valence-electron chi connectivity index (χ3n) is 4.75. The van der Waals surface area contributed by atoms with E-state index in [0.29, 0.717) is 0 Å². The van der Waals surface area contributed by atoms with Crippen molar-refractivity contribution in [1.29, 1.82) is 0 Å². The van der Waals surface area contributed by atoms with Gasteiger partial charge in [0.25, 0.3) is 0 Å². The molecular weight excluding hydrogens is 210 g/mol. The molecule has 17 heavy (non-hydrogen) atoms. The van der Waals surface area contributed by atoms with E-state index >= 15 is 0 Å². The van der Waals surface area contributed by atoms with Gasteiger partial charge in [0.2, 0.25) is 0 Å². The Labute approximate surface area is 107 Å². The number of hydrogen-bond donors (Lipinski definition) is 0. The lowest BCUT2D eigenvalue weighted by Gasteiger charge is -2.40. The first-order chi connectivity index (χ1) is 8.08. The second-order valence-corrected chi connectivity index (χ2v) is 6.23. The monoisotopic (exact) mass is 239 g/mol. The van der Waals surface area contributed by atoms with Gasteiger partial charge in [-0.1, -0.05) is 0 Å². The molecule has 2 aliphatic heterocycles. The Balaban J connectivity index is 1.80. The third-order valence-corrected chi connectivity index (χ3v) is 4.75. The van der Waals surface area contributed by atoms with Crippen LogP contribution in [0.15, 0.2) is 0 Å². The standard InChI is InChI=1S/C14H29N3/c1-12(2)17-9-6-13(7-10-17)16(4)14-5-8-15(3)11-14/h12-14H,5-11H2,1-4H3. The molecule has 0 aromatic rings. The van der Waals surface area contributed by atoms with Crippen molar-refractivity contribution >= 4 is 0 Å². The second-order valence-electron chi connectivity index (χ2n) is 6.23. The molecule has 100 valence electrons. The van der Waals surface area contributed by atoms with Crippen LogP contribution in [0.4, 0.5) is 0 Å². The van der Waals surface area contributed by atoms with Crippen molar-refractivity contribution in [2.75, 3.05) is 40.3 Å². The summed E-state index contributed by atoms with van der Waals surface area (Å²) < 4.78 is 0. The van der Waals surface area contributed by atoms with E-state index in [9.17, 15) is 0 Å². The van der Waals surface area contributed by atoms with E-state index in [4.69, 9.17) is 0 Å². The highest BCUT2D eigenvalue weighted by Gasteiger charge is 2.30. The van der Waals surface area contributed by atoms with Gasteiger partial charge >= 0.3 is 0 Å². The fourth-order valence-electron chi connectivity index (χ4n) is 3.35. The van der Waals surface area contributed by atoms with Crippen LogP contribution in [0.3, 0.4) is 0 Å². The van der Waals surface area contributed by atoms with Gasteiger partial charge in [0.1, 0.15) is 0 Å². The molecule has 0 bridgehead atoms. The Bertz CT molecular complexity index is 234. The summed E-state index contributed by atoms with van der Waals surface area (Å²) in [7, 11) is 4.59. The van der Waals surface area contributed by atoms with Crippen molar-refractivity contribution in [3.8, 4) is 0 Å². The summed E-state index contributed by atoms with van der Waals surface area (Å²) in [5, 5.41) is 0. The molecule has 0 aromatic heterocycles. The minimum Gasteiger partial charge on any atom is -0.305 e. The Morgan fingerprint density at radius 2 is 1.59 bits per heavy atom. The van der Waals surface area contributed by atoms with Gasteiger partial charge in [-0.25, -0.2) is 0 Å². The van der Waals surface area contributed by atoms with Crippen LogP contribution in [0.25, 0.3) is 0 Å². The largest absolute Gasteiger partial charge is 0.305 e. The summed E-state index contributed by atoms with van der Waals surface area (Å²) in [6, 6.07) is 2.34. The summed E-state index contributed by atoms with van der Waals surface area (Å²) in [6.07, 6.45) is 4.07. The molecule has 1 unspecified atom stereocenters. The van der Waals surface area contributed by atoms with Gasteiger partial charge in [0.15, 0.2) is 0 Å². The van der Waals surface area contributed by atoms with E-state index in [1.807, 2.05) is 0 Å². The van der Waals surface area contributed by atoms with Crippen LogP contribution >= 0.6 is 0 Å². The van der Waals surface area contributed by atoms with Crippen molar-refractivity contribution in [3.63, 3.8) is 0 Å². The zero-order chi connectivity index (χ0) is 12.4. The quantitative estimate of drug-likeness (QED) is 0.739. The molecule has 2 fully saturated rings. The van der Waals surface area contributed by atoms with E-state index in [-0.39, 0.29) is 0 Å². The molecule has 2 saturated heterocycles. The van der Waals surface area contributed by atoms with Crippen molar-refractivity contribution in [3.05, 3.63) is 0 Å². The lowest BCUT2D eigenvalue weighted by atomic mass is 10.0. The molecule has 2 aliphatic rings. The van der Waals surface area contributed by atoms with Gasteiger partial charge in [-0.15, -0.1) is 0 Å². The minimum atomic E-state index is 0.721. The summed E-state index contributed by atoms with van der Waals surface area (Å²) in [4.78, 5) is 7.75. The topological polar surface area (TPSA) is 9.72 Å². The molecule has 0 radical (unpaired) electrons. The maximum absolute atomic E-state index is 2.67. The van der Waals surface area contributed by atoms with Gasteiger partial charge in [-0.2, -0.15) is 0 Å². The summed E-state index contributed by atoms with van der Waals surface area (Å²) >= 11 is 0. The predicted molar refractivity (Wildman–Crippen MR) is 73.4 cm³/mol. The third kappa shape index (κ3) is 3.21.